The van der Waals surface area contributed by atoms with Crippen molar-refractivity contribution >= 4 is 0 Å². The average Bonchev–Trinajstić information content (AvgIpc) is 3.13. The molecule has 0 unspecified atom stereocenters. The number of hydrogen-bond donors (Lipinski definition) is 4. The fraction of sp³-hybridized carbons (Fsp3) is 1.00. The molecular formula is C48H112N8O12Ti. The van der Waals surface area contributed by atoms with Gasteiger partial charge in [-0.1, -0.05) is 0 Å². The number of rotatable bonds is 28. The third-order valence-electron chi connectivity index (χ3n) is 9.70. The van der Waals surface area contributed by atoms with Crippen molar-refractivity contribution < 1.29 is 80.0 Å². The summed E-state index contributed by atoms with van der Waals surface area (Å²) in [7, 11) is 28.7. The molecule has 0 atom stereocenters. The maximum Gasteiger partial charge on any atom is 0.229 e. The van der Waals surface area contributed by atoms with E-state index in [0.717, 1.165) is 0 Å². The molecule has 0 aliphatic rings. The molecule has 69 heavy (non-hydrogen) atoms. The van der Waals surface area contributed by atoms with Gasteiger partial charge in [0, 0.05) is 21.7 Å². The van der Waals surface area contributed by atoms with Crippen LogP contribution in [0, 0.1) is 0 Å². The van der Waals surface area contributed by atoms with Crippen LogP contribution in [-0.2, 0) is 59.6 Å². The quantitative estimate of drug-likeness (QED) is 0.0658. The van der Waals surface area contributed by atoms with Gasteiger partial charge in [-0.25, -0.2) is 0 Å². The summed E-state index contributed by atoms with van der Waals surface area (Å²) in [5, 5.41) is 42.9. The molecule has 0 spiro atoms. The van der Waals surface area contributed by atoms with Crippen LogP contribution in [-0.4, -0.2) is 270 Å². The van der Waals surface area contributed by atoms with Crippen molar-refractivity contribution in [3.8, 4) is 0 Å². The largest absolute Gasteiger partial charge is 0.359 e. The van der Waals surface area contributed by atoms with Crippen LogP contribution in [0.15, 0.2) is 0 Å². The van der Waals surface area contributed by atoms with Crippen molar-refractivity contribution in [3.05, 3.63) is 0 Å². The number of likely N-dealkylation sites (N-methyl/N-ethyl adjacent to an activating group) is 8. The maximum atomic E-state index is 10.7. The fourth-order valence-electron chi connectivity index (χ4n) is 6.12. The van der Waals surface area contributed by atoms with Gasteiger partial charge in [0.2, 0.25) is 48.6 Å². The van der Waals surface area contributed by atoms with Crippen LogP contribution in [0.2, 0.25) is 0 Å². The standard InChI is InChI=1S/4C12H28N2O3.Ti/c4*1-9(2)16-11(17-10(3)4)12(15,13(5)6)14(7)8;/h4*9-11,15H,1-8H3;. The van der Waals surface area contributed by atoms with Gasteiger partial charge in [0.05, 0.1) is 48.8 Å². The minimum Gasteiger partial charge on any atom is -0.359 e. The molecule has 0 saturated carbocycles. The molecule has 0 aromatic carbocycles. The molecule has 0 radical (unpaired) electrons. The Morgan fingerprint density at radius 1 is 0.217 bits per heavy atom. The molecule has 4 N–H and O–H groups in total. The summed E-state index contributed by atoms with van der Waals surface area (Å²) in [6.07, 6.45) is -3.10. The van der Waals surface area contributed by atoms with Gasteiger partial charge < -0.3 is 58.3 Å². The Bertz CT molecular complexity index is 991. The van der Waals surface area contributed by atoms with Crippen molar-refractivity contribution in [2.45, 2.75) is 208 Å². The normalized spacial score (nSPS) is 13.6. The first-order chi connectivity index (χ1) is 30.5. The van der Waals surface area contributed by atoms with Crippen LogP contribution in [0.5, 0.6) is 0 Å². The van der Waals surface area contributed by atoms with Gasteiger partial charge in [0.25, 0.3) is 0 Å². The van der Waals surface area contributed by atoms with E-state index < -0.39 is 48.6 Å². The van der Waals surface area contributed by atoms with E-state index in [4.69, 9.17) is 37.9 Å². The predicted molar refractivity (Wildman–Crippen MR) is 274 cm³/mol. The third-order valence-corrected chi connectivity index (χ3v) is 9.70. The van der Waals surface area contributed by atoms with E-state index in [1.807, 2.05) is 111 Å². The van der Waals surface area contributed by atoms with Crippen LogP contribution in [0.25, 0.3) is 0 Å². The number of nitrogens with zero attached hydrogens (tertiary/aromatic N) is 8. The zero-order valence-electron chi connectivity index (χ0n) is 50.1. The molecule has 0 saturated heterocycles. The van der Waals surface area contributed by atoms with Gasteiger partial charge >= 0.3 is 0 Å². The van der Waals surface area contributed by atoms with Gasteiger partial charge in [-0.2, -0.15) is 0 Å². The Balaban J connectivity index is -0.000000263. The molecule has 21 heteroatoms. The van der Waals surface area contributed by atoms with Crippen LogP contribution < -0.4 is 0 Å². The van der Waals surface area contributed by atoms with Gasteiger partial charge in [-0.3, -0.25) is 39.2 Å². The fourth-order valence-corrected chi connectivity index (χ4v) is 6.12. The molecule has 20 nitrogen and oxygen atoms in total. The zero-order valence-corrected chi connectivity index (χ0v) is 51.6. The molecule has 0 fully saturated rings. The van der Waals surface area contributed by atoms with Crippen molar-refractivity contribution in [3.63, 3.8) is 0 Å². The van der Waals surface area contributed by atoms with E-state index in [9.17, 15) is 20.4 Å². The molecule has 0 bridgehead atoms. The zero-order chi connectivity index (χ0) is 55.2. The Morgan fingerprint density at radius 3 is 0.333 bits per heavy atom. The average molecular weight is 1040 g/mol. The summed E-state index contributed by atoms with van der Waals surface area (Å²) in [6, 6.07) is 0. The Kier molecular flexibility index (Phi) is 40.6. The molecule has 0 aromatic rings. The smallest absolute Gasteiger partial charge is 0.229 e. The van der Waals surface area contributed by atoms with Gasteiger partial charge in [0.1, 0.15) is 0 Å². The Hall–Kier alpha value is -0.0857. The number of hydrogen-bond acceptors (Lipinski definition) is 20. The van der Waals surface area contributed by atoms with Crippen LogP contribution >= 0.6 is 0 Å². The molecule has 0 aromatic heterocycles. The molecular weight excluding hydrogens is 928 g/mol. The number of aliphatic hydroxyl groups is 4. The monoisotopic (exact) mass is 1040 g/mol. The van der Waals surface area contributed by atoms with Gasteiger partial charge in [-0.15, -0.1) is 0 Å². The molecule has 0 heterocycles. The summed E-state index contributed by atoms with van der Waals surface area (Å²) >= 11 is 0. The van der Waals surface area contributed by atoms with Crippen molar-refractivity contribution in [1.82, 2.24) is 39.2 Å². The first-order valence-corrected chi connectivity index (χ1v) is 24.0. The second-order valence-electron chi connectivity index (χ2n) is 20.7. The Morgan fingerprint density at radius 2 is 0.290 bits per heavy atom. The second-order valence-corrected chi connectivity index (χ2v) is 20.7. The summed E-state index contributed by atoms with van der Waals surface area (Å²) in [4.78, 5) is 13.5. The van der Waals surface area contributed by atoms with Crippen molar-refractivity contribution in [2.75, 3.05) is 113 Å². The Labute approximate surface area is 438 Å². The van der Waals surface area contributed by atoms with E-state index >= 15 is 0 Å². The first-order valence-electron chi connectivity index (χ1n) is 24.0. The molecule has 0 amide bonds. The van der Waals surface area contributed by atoms with Crippen molar-refractivity contribution in [1.29, 1.82) is 0 Å². The summed E-state index contributed by atoms with van der Waals surface area (Å²) in [5.41, 5.74) is 0. The van der Waals surface area contributed by atoms with E-state index in [0.29, 0.717) is 0 Å². The SMILES string of the molecule is CC(C)OC(OC(C)C)C(O)(N(C)C)N(C)C.CC(C)OC(OC(C)C)C(O)(N(C)C)N(C)C.CC(C)OC(OC(C)C)C(O)(N(C)C)N(C)C.CC(C)OC(OC(C)C)C(O)(N(C)C)N(C)C.[Ti]. The first kappa shape index (κ1) is 77.8. The predicted octanol–water partition coefficient (Wildman–Crippen LogP) is 3.72. The minimum atomic E-state index is -1.30. The summed E-state index contributed by atoms with van der Waals surface area (Å²) in [6.45, 7) is 30.7. The van der Waals surface area contributed by atoms with Crippen LogP contribution in [0.1, 0.15) is 111 Å². The summed E-state index contributed by atoms with van der Waals surface area (Å²) < 4.78 is 45.5. The van der Waals surface area contributed by atoms with Crippen LogP contribution in [0.3, 0.4) is 0 Å². The second kappa shape index (κ2) is 36.0. The van der Waals surface area contributed by atoms with Gasteiger partial charge in [-0.05, 0) is 224 Å². The third kappa shape index (κ3) is 27.3. The molecule has 0 aliphatic carbocycles. The van der Waals surface area contributed by atoms with E-state index in [1.165, 1.54) is 0 Å². The maximum absolute atomic E-state index is 10.7. The number of ether oxygens (including phenoxy) is 8. The minimum absolute atomic E-state index is 0. The molecule has 420 valence electrons. The molecule has 0 aliphatic heterocycles. The van der Waals surface area contributed by atoms with Crippen LogP contribution in [0.4, 0.5) is 0 Å². The summed E-state index contributed by atoms with van der Waals surface area (Å²) in [5.74, 6) is -5.19. The van der Waals surface area contributed by atoms with E-state index in [2.05, 4.69) is 0 Å². The van der Waals surface area contributed by atoms with Gasteiger partial charge in [0.15, 0.2) is 0 Å². The topological polar surface area (TPSA) is 181 Å². The van der Waals surface area contributed by atoms with E-state index in [1.54, 1.807) is 152 Å². The molecule has 0 rings (SSSR count). The van der Waals surface area contributed by atoms with Crippen molar-refractivity contribution in [2.24, 2.45) is 0 Å². The van der Waals surface area contributed by atoms with E-state index in [-0.39, 0.29) is 70.5 Å².